The molecule has 0 saturated carbocycles. The third-order valence-corrected chi connectivity index (χ3v) is 7.99. The molecule has 0 bridgehead atoms. The number of unbranched alkanes of at least 4 members (excludes halogenated alkanes) is 1. The average molecular weight is 510 g/mol. The highest BCUT2D eigenvalue weighted by Gasteiger charge is 2.41. The Balaban J connectivity index is 1.22. The van der Waals surface area contributed by atoms with Gasteiger partial charge in [-0.1, -0.05) is 38.1 Å². The average Bonchev–Trinajstić information content (AvgIpc) is 3.51. The molecule has 0 amide bonds. The first kappa shape index (κ1) is 26.2. The van der Waals surface area contributed by atoms with Gasteiger partial charge in [0.05, 0.1) is 18.2 Å². The van der Waals surface area contributed by atoms with Crippen molar-refractivity contribution in [3.63, 3.8) is 0 Å². The lowest BCUT2D eigenvalue weighted by Gasteiger charge is -2.31. The summed E-state index contributed by atoms with van der Waals surface area (Å²) in [5.41, 5.74) is 7.10. The number of aromatic amines is 1. The van der Waals surface area contributed by atoms with Crippen LogP contribution in [0.2, 0.25) is 0 Å². The third kappa shape index (κ3) is 5.25. The summed E-state index contributed by atoms with van der Waals surface area (Å²) >= 11 is 0. The van der Waals surface area contributed by atoms with Gasteiger partial charge in [0.1, 0.15) is 11.4 Å². The van der Waals surface area contributed by atoms with E-state index in [1.807, 2.05) is 30.3 Å². The topological polar surface area (TPSA) is 52.0 Å². The number of nitrogens with one attached hydrogen (secondary N) is 1. The van der Waals surface area contributed by atoms with Gasteiger partial charge in [0.15, 0.2) is 0 Å². The number of likely N-dealkylation sites (N-methyl/N-ethyl adjacent to an activating group) is 1. The van der Waals surface area contributed by atoms with Gasteiger partial charge in [0, 0.05) is 23.6 Å². The summed E-state index contributed by atoms with van der Waals surface area (Å²) in [6.45, 7) is 6.93. The van der Waals surface area contributed by atoms with E-state index in [0.29, 0.717) is 18.1 Å². The molecular formula is C33H36FN3O. The number of nitriles is 1. The highest BCUT2D eigenvalue weighted by molar-refractivity contribution is 5.84. The van der Waals surface area contributed by atoms with E-state index in [4.69, 9.17) is 4.74 Å². The molecule has 0 saturated heterocycles. The van der Waals surface area contributed by atoms with E-state index in [1.165, 1.54) is 34.2 Å². The van der Waals surface area contributed by atoms with Crippen LogP contribution in [0.15, 0.2) is 66.9 Å². The van der Waals surface area contributed by atoms with E-state index < -0.39 is 5.60 Å². The first-order chi connectivity index (χ1) is 18.4. The van der Waals surface area contributed by atoms with Crippen LogP contribution < -0.4 is 0 Å². The molecule has 1 aliphatic rings. The predicted molar refractivity (Wildman–Crippen MR) is 151 cm³/mol. The van der Waals surface area contributed by atoms with Crippen molar-refractivity contribution in [2.45, 2.75) is 57.7 Å². The van der Waals surface area contributed by atoms with Crippen LogP contribution in [0.5, 0.6) is 0 Å². The van der Waals surface area contributed by atoms with Gasteiger partial charge in [-0.25, -0.2) is 4.39 Å². The highest BCUT2D eigenvalue weighted by Crippen LogP contribution is 2.45. The molecule has 0 fully saturated rings. The van der Waals surface area contributed by atoms with Crippen molar-refractivity contribution in [3.8, 4) is 6.07 Å². The van der Waals surface area contributed by atoms with Gasteiger partial charge in [-0.15, -0.1) is 0 Å². The van der Waals surface area contributed by atoms with Crippen molar-refractivity contribution in [3.05, 3.63) is 106 Å². The summed E-state index contributed by atoms with van der Waals surface area (Å²) in [5, 5.41) is 10.7. The lowest BCUT2D eigenvalue weighted by Crippen LogP contribution is -2.28. The fourth-order valence-electron chi connectivity index (χ4n) is 5.71. The van der Waals surface area contributed by atoms with Gasteiger partial charge in [0.25, 0.3) is 0 Å². The number of benzene rings is 3. The van der Waals surface area contributed by atoms with Crippen molar-refractivity contribution in [1.29, 1.82) is 5.26 Å². The molecule has 3 aromatic carbocycles. The molecule has 4 aromatic rings. The maximum absolute atomic E-state index is 13.7. The number of H-pyrrole nitrogens is 1. The molecule has 0 aliphatic carbocycles. The Labute approximate surface area is 225 Å². The standard InChI is InChI=1S/C33H36FN3O/c1-23(2)25-7-13-32-30(19-25)26(21-36-32)14-17-37(3)16-5-4-15-33(28-8-10-29(34)11-9-28)31-12-6-24(20-35)18-27(31)22-38-33/h6-13,18-19,21,23,36H,4-5,14-17,22H2,1-3H3. The minimum absolute atomic E-state index is 0.251. The molecule has 1 aromatic heterocycles. The molecule has 1 unspecified atom stereocenters. The maximum Gasteiger partial charge on any atom is 0.123 e. The van der Waals surface area contributed by atoms with E-state index in [2.05, 4.69) is 61.2 Å². The van der Waals surface area contributed by atoms with E-state index in [9.17, 15) is 9.65 Å². The van der Waals surface area contributed by atoms with Crippen LogP contribution in [-0.4, -0.2) is 30.0 Å². The van der Waals surface area contributed by atoms with Crippen LogP contribution in [0, 0.1) is 17.1 Å². The zero-order valence-corrected chi connectivity index (χ0v) is 22.6. The summed E-state index contributed by atoms with van der Waals surface area (Å²) < 4.78 is 20.2. The fraction of sp³-hybridized carbons (Fsp3) is 0.364. The molecule has 196 valence electrons. The van der Waals surface area contributed by atoms with Crippen LogP contribution >= 0.6 is 0 Å². The largest absolute Gasteiger partial charge is 0.361 e. The molecule has 5 heteroatoms. The fourth-order valence-corrected chi connectivity index (χ4v) is 5.71. The van der Waals surface area contributed by atoms with E-state index >= 15 is 0 Å². The van der Waals surface area contributed by atoms with Gasteiger partial charge in [-0.3, -0.25) is 0 Å². The minimum atomic E-state index is -0.603. The van der Waals surface area contributed by atoms with E-state index in [-0.39, 0.29) is 5.82 Å². The number of halogens is 1. The lowest BCUT2D eigenvalue weighted by molar-refractivity contribution is -0.0136. The molecule has 1 aliphatic heterocycles. The summed E-state index contributed by atoms with van der Waals surface area (Å²) in [6.07, 6.45) is 5.99. The summed E-state index contributed by atoms with van der Waals surface area (Å²) in [5.74, 6) is 0.270. The molecule has 4 nitrogen and oxygen atoms in total. The van der Waals surface area contributed by atoms with Crippen LogP contribution in [0.3, 0.4) is 0 Å². The Bertz CT molecular complexity index is 1450. The molecule has 0 radical (unpaired) electrons. The zero-order chi connectivity index (χ0) is 26.7. The van der Waals surface area contributed by atoms with Crippen molar-refractivity contribution in [1.82, 2.24) is 9.88 Å². The molecule has 0 spiro atoms. The lowest BCUT2D eigenvalue weighted by atomic mass is 9.81. The number of nitrogens with zero attached hydrogens (tertiary/aromatic N) is 2. The molecule has 1 N–H and O–H groups in total. The Morgan fingerprint density at radius 1 is 1.05 bits per heavy atom. The number of rotatable bonds is 10. The van der Waals surface area contributed by atoms with Gasteiger partial charge in [0.2, 0.25) is 0 Å². The Morgan fingerprint density at radius 3 is 2.63 bits per heavy atom. The van der Waals surface area contributed by atoms with Gasteiger partial charge < -0.3 is 14.6 Å². The van der Waals surface area contributed by atoms with Crippen molar-refractivity contribution >= 4 is 10.9 Å². The summed E-state index contributed by atoms with van der Waals surface area (Å²) in [6, 6.07) is 21.4. The second-order valence-electron chi connectivity index (χ2n) is 10.9. The Morgan fingerprint density at radius 2 is 1.87 bits per heavy atom. The number of fused-ring (bicyclic) bond motifs is 2. The maximum atomic E-state index is 13.7. The second kappa shape index (κ2) is 11.1. The second-order valence-corrected chi connectivity index (χ2v) is 10.9. The SMILES string of the molecule is CC(C)c1ccc2[nH]cc(CCN(C)CCCCC3(c4ccc(F)cc4)OCc4cc(C#N)ccc43)c2c1. The normalized spacial score (nSPS) is 16.9. The van der Waals surface area contributed by atoms with E-state index in [0.717, 1.165) is 55.5 Å². The van der Waals surface area contributed by atoms with Crippen molar-refractivity contribution in [2.24, 2.45) is 0 Å². The summed E-state index contributed by atoms with van der Waals surface area (Å²) in [4.78, 5) is 5.83. The third-order valence-electron chi connectivity index (χ3n) is 7.99. The number of hydrogen-bond donors (Lipinski definition) is 1. The van der Waals surface area contributed by atoms with Crippen LogP contribution in [-0.2, 0) is 23.4 Å². The monoisotopic (exact) mass is 509 g/mol. The van der Waals surface area contributed by atoms with Crippen molar-refractivity contribution < 1.29 is 9.13 Å². The van der Waals surface area contributed by atoms with Crippen molar-refractivity contribution in [2.75, 3.05) is 20.1 Å². The number of aromatic nitrogens is 1. The smallest absolute Gasteiger partial charge is 0.123 e. The van der Waals surface area contributed by atoms with Crippen LogP contribution in [0.4, 0.5) is 4.39 Å². The van der Waals surface area contributed by atoms with Gasteiger partial charge >= 0.3 is 0 Å². The quantitative estimate of drug-likeness (QED) is 0.226. The first-order valence-electron chi connectivity index (χ1n) is 13.6. The van der Waals surface area contributed by atoms with Crippen LogP contribution in [0.25, 0.3) is 10.9 Å². The number of ether oxygens (including phenoxy) is 1. The van der Waals surface area contributed by atoms with Gasteiger partial charge in [-0.2, -0.15) is 5.26 Å². The Kier molecular flexibility index (Phi) is 7.65. The molecule has 5 rings (SSSR count). The number of hydrogen-bond acceptors (Lipinski definition) is 3. The molecule has 1 atom stereocenters. The van der Waals surface area contributed by atoms with E-state index in [1.54, 1.807) is 0 Å². The highest BCUT2D eigenvalue weighted by atomic mass is 19.1. The first-order valence-corrected chi connectivity index (χ1v) is 13.6. The summed E-state index contributed by atoms with van der Waals surface area (Å²) in [7, 11) is 2.19. The molecule has 38 heavy (non-hydrogen) atoms. The minimum Gasteiger partial charge on any atom is -0.361 e. The van der Waals surface area contributed by atoms with Crippen LogP contribution in [0.1, 0.15) is 72.4 Å². The molecule has 2 heterocycles. The van der Waals surface area contributed by atoms with Gasteiger partial charge in [-0.05, 0) is 109 Å². The predicted octanol–water partition coefficient (Wildman–Crippen LogP) is 7.42. The molecular weight excluding hydrogens is 473 g/mol. The zero-order valence-electron chi connectivity index (χ0n) is 22.6. The Hall–Kier alpha value is -3.46.